The summed E-state index contributed by atoms with van der Waals surface area (Å²) in [5.41, 5.74) is -1.49. The minimum absolute atomic E-state index is 0.124. The number of ether oxygens (including phenoxy) is 1. The van der Waals surface area contributed by atoms with E-state index in [-0.39, 0.29) is 17.8 Å². The lowest BCUT2D eigenvalue weighted by atomic mass is 9.71. The SMILES string of the molecule is C=C1C(=O)OC23CC1C(O)CC(C)C2CCC3(C)O. The van der Waals surface area contributed by atoms with Crippen LogP contribution in [0.4, 0.5) is 0 Å². The molecule has 2 N–H and O–H groups in total. The number of hydrogen-bond donors (Lipinski definition) is 2. The molecule has 2 bridgehead atoms. The normalized spacial score (nSPS) is 53.5. The second-order valence-electron chi connectivity index (χ2n) is 6.81. The second kappa shape index (κ2) is 3.83. The van der Waals surface area contributed by atoms with E-state index in [0.717, 1.165) is 6.42 Å². The van der Waals surface area contributed by atoms with E-state index < -0.39 is 23.3 Å². The van der Waals surface area contributed by atoms with Crippen molar-refractivity contribution in [2.75, 3.05) is 0 Å². The van der Waals surface area contributed by atoms with Gasteiger partial charge in [0.1, 0.15) is 11.2 Å². The number of aliphatic hydroxyl groups excluding tert-OH is 1. The molecule has 3 rings (SSSR count). The lowest BCUT2D eigenvalue weighted by Gasteiger charge is -2.48. The van der Waals surface area contributed by atoms with Crippen molar-refractivity contribution in [1.29, 1.82) is 0 Å². The maximum atomic E-state index is 12.1. The summed E-state index contributed by atoms with van der Waals surface area (Å²) in [6, 6.07) is 0. The molecule has 0 amide bonds. The highest BCUT2D eigenvalue weighted by molar-refractivity contribution is 5.90. The van der Waals surface area contributed by atoms with Gasteiger partial charge in [-0.25, -0.2) is 4.79 Å². The van der Waals surface area contributed by atoms with Crippen molar-refractivity contribution >= 4 is 5.97 Å². The summed E-state index contributed by atoms with van der Waals surface area (Å²) in [6.07, 6.45) is 2.07. The van der Waals surface area contributed by atoms with E-state index in [1.54, 1.807) is 6.92 Å². The van der Waals surface area contributed by atoms with Gasteiger partial charge in [-0.1, -0.05) is 13.5 Å². The maximum absolute atomic E-state index is 12.1. The molecule has 6 unspecified atom stereocenters. The molecule has 6 atom stereocenters. The van der Waals surface area contributed by atoms with Gasteiger partial charge in [-0.15, -0.1) is 0 Å². The van der Waals surface area contributed by atoms with Gasteiger partial charge in [0.15, 0.2) is 0 Å². The van der Waals surface area contributed by atoms with Gasteiger partial charge in [-0.3, -0.25) is 0 Å². The number of aliphatic hydroxyl groups is 2. The van der Waals surface area contributed by atoms with Crippen LogP contribution >= 0.6 is 0 Å². The van der Waals surface area contributed by atoms with Crippen molar-refractivity contribution < 1.29 is 19.7 Å². The van der Waals surface area contributed by atoms with Crippen molar-refractivity contribution in [3.05, 3.63) is 12.2 Å². The first-order chi connectivity index (χ1) is 8.78. The Balaban J connectivity index is 2.12. The van der Waals surface area contributed by atoms with Crippen LogP contribution in [-0.4, -0.2) is 33.5 Å². The molecule has 1 spiro atoms. The van der Waals surface area contributed by atoms with Crippen molar-refractivity contribution in [2.24, 2.45) is 17.8 Å². The summed E-state index contributed by atoms with van der Waals surface area (Å²) < 4.78 is 5.70. The lowest BCUT2D eigenvalue weighted by molar-refractivity contribution is -0.206. The monoisotopic (exact) mass is 266 g/mol. The third kappa shape index (κ3) is 1.56. The first-order valence-corrected chi connectivity index (χ1v) is 7.11. The zero-order valence-electron chi connectivity index (χ0n) is 11.6. The first kappa shape index (κ1) is 13.1. The van der Waals surface area contributed by atoms with Gasteiger partial charge >= 0.3 is 5.97 Å². The summed E-state index contributed by atoms with van der Waals surface area (Å²) in [7, 11) is 0. The lowest BCUT2D eigenvalue weighted by Crippen LogP contribution is -2.59. The highest BCUT2D eigenvalue weighted by Gasteiger charge is 2.66. The Morgan fingerprint density at radius 3 is 2.84 bits per heavy atom. The zero-order valence-corrected chi connectivity index (χ0v) is 11.6. The largest absolute Gasteiger partial charge is 0.452 e. The molecule has 106 valence electrons. The quantitative estimate of drug-likeness (QED) is 0.514. The standard InChI is InChI=1S/C15H22O4/c1-8-6-12(16)10-7-15(19-13(17)9(10)2)11(8)4-5-14(15,3)18/h8,10-12,16,18H,2,4-7H2,1,3H3. The van der Waals surface area contributed by atoms with E-state index in [2.05, 4.69) is 13.5 Å². The zero-order chi connectivity index (χ0) is 14.0. The molecule has 2 saturated carbocycles. The van der Waals surface area contributed by atoms with E-state index >= 15 is 0 Å². The molecule has 0 aromatic heterocycles. The van der Waals surface area contributed by atoms with Crippen LogP contribution in [-0.2, 0) is 9.53 Å². The molecule has 19 heavy (non-hydrogen) atoms. The summed E-state index contributed by atoms with van der Waals surface area (Å²) >= 11 is 0. The predicted octanol–water partition coefficient (Wildman–Crippen LogP) is 1.41. The minimum Gasteiger partial charge on any atom is -0.452 e. The third-order valence-corrected chi connectivity index (χ3v) is 5.73. The number of fused-ring (bicyclic) bond motifs is 1. The molecule has 2 aliphatic carbocycles. The minimum atomic E-state index is -1.01. The Labute approximate surface area is 113 Å². The fourth-order valence-corrected chi connectivity index (χ4v) is 4.53. The fourth-order valence-electron chi connectivity index (χ4n) is 4.53. The molecule has 3 aliphatic rings. The molecule has 1 heterocycles. The predicted molar refractivity (Wildman–Crippen MR) is 69.2 cm³/mol. The number of rotatable bonds is 0. The first-order valence-electron chi connectivity index (χ1n) is 7.11. The molecule has 0 aromatic carbocycles. The fraction of sp³-hybridized carbons (Fsp3) is 0.800. The van der Waals surface area contributed by atoms with Crippen LogP contribution in [0.5, 0.6) is 0 Å². The Hall–Kier alpha value is -0.870. The van der Waals surface area contributed by atoms with E-state index in [0.29, 0.717) is 24.8 Å². The molecule has 3 fully saturated rings. The average Bonchev–Trinajstić information content (AvgIpc) is 2.50. The van der Waals surface area contributed by atoms with Gasteiger partial charge in [-0.2, -0.15) is 0 Å². The van der Waals surface area contributed by atoms with E-state index in [1.165, 1.54) is 0 Å². The Kier molecular flexibility index (Phi) is 2.64. The highest BCUT2D eigenvalue weighted by Crippen LogP contribution is 2.58. The van der Waals surface area contributed by atoms with Crippen molar-refractivity contribution in [3.8, 4) is 0 Å². The molecular weight excluding hydrogens is 244 g/mol. The molecular formula is C15H22O4. The van der Waals surface area contributed by atoms with Crippen LogP contribution in [0, 0.1) is 17.8 Å². The van der Waals surface area contributed by atoms with Crippen molar-refractivity contribution in [1.82, 2.24) is 0 Å². The van der Waals surface area contributed by atoms with Crippen LogP contribution in [0.15, 0.2) is 12.2 Å². The molecule has 4 nitrogen and oxygen atoms in total. The van der Waals surface area contributed by atoms with Gasteiger partial charge in [0.25, 0.3) is 0 Å². The summed E-state index contributed by atoms with van der Waals surface area (Å²) in [6.45, 7) is 7.61. The van der Waals surface area contributed by atoms with Crippen molar-refractivity contribution in [3.63, 3.8) is 0 Å². The highest BCUT2D eigenvalue weighted by atomic mass is 16.6. The van der Waals surface area contributed by atoms with E-state index in [1.807, 2.05) is 0 Å². The summed E-state index contributed by atoms with van der Waals surface area (Å²) in [5, 5.41) is 21.1. The Morgan fingerprint density at radius 1 is 1.47 bits per heavy atom. The third-order valence-electron chi connectivity index (χ3n) is 5.73. The van der Waals surface area contributed by atoms with E-state index in [4.69, 9.17) is 4.74 Å². The van der Waals surface area contributed by atoms with Gasteiger partial charge in [0.05, 0.1) is 6.10 Å². The number of carbonyl (C=O) groups excluding carboxylic acids is 1. The van der Waals surface area contributed by atoms with Crippen LogP contribution in [0.25, 0.3) is 0 Å². The summed E-state index contributed by atoms with van der Waals surface area (Å²) in [4.78, 5) is 12.1. The van der Waals surface area contributed by atoms with Crippen LogP contribution in [0.3, 0.4) is 0 Å². The number of esters is 1. The Morgan fingerprint density at radius 2 is 2.16 bits per heavy atom. The van der Waals surface area contributed by atoms with Gasteiger partial charge < -0.3 is 14.9 Å². The molecule has 4 heteroatoms. The maximum Gasteiger partial charge on any atom is 0.334 e. The van der Waals surface area contributed by atoms with Gasteiger partial charge in [-0.05, 0) is 38.5 Å². The molecule has 0 aromatic rings. The molecule has 1 aliphatic heterocycles. The number of hydrogen-bond acceptors (Lipinski definition) is 4. The van der Waals surface area contributed by atoms with Crippen molar-refractivity contribution in [2.45, 2.75) is 56.8 Å². The van der Waals surface area contributed by atoms with Gasteiger partial charge in [0.2, 0.25) is 0 Å². The topological polar surface area (TPSA) is 66.8 Å². The summed E-state index contributed by atoms with van der Waals surface area (Å²) in [5.74, 6) is -0.373. The second-order valence-corrected chi connectivity index (χ2v) is 6.81. The van der Waals surface area contributed by atoms with Crippen LogP contribution in [0.2, 0.25) is 0 Å². The average molecular weight is 266 g/mol. The molecule has 0 radical (unpaired) electrons. The van der Waals surface area contributed by atoms with Crippen LogP contribution < -0.4 is 0 Å². The Bertz CT molecular complexity index is 441. The van der Waals surface area contributed by atoms with Gasteiger partial charge in [0, 0.05) is 17.4 Å². The van der Waals surface area contributed by atoms with E-state index in [9.17, 15) is 15.0 Å². The smallest absolute Gasteiger partial charge is 0.334 e. The van der Waals surface area contributed by atoms with Crippen LogP contribution in [0.1, 0.15) is 39.5 Å². The molecule has 1 saturated heterocycles. The number of carbonyl (C=O) groups is 1.